The van der Waals surface area contributed by atoms with E-state index in [0.29, 0.717) is 12.0 Å². The highest BCUT2D eigenvalue weighted by Gasteiger charge is 2.11. The van der Waals surface area contributed by atoms with Gasteiger partial charge < -0.3 is 9.73 Å². The number of amides is 1. The Morgan fingerprint density at radius 1 is 1.26 bits per heavy atom. The summed E-state index contributed by atoms with van der Waals surface area (Å²) in [6, 6.07) is 11.5. The Balaban J connectivity index is 1.92. The molecule has 1 amide bonds. The van der Waals surface area contributed by atoms with E-state index in [2.05, 4.69) is 12.2 Å². The average Bonchev–Trinajstić information content (AvgIpc) is 2.91. The summed E-state index contributed by atoms with van der Waals surface area (Å²) in [6.07, 6.45) is 3.33. The van der Waals surface area contributed by atoms with Crippen LogP contribution in [0.3, 0.4) is 0 Å². The molecule has 2 rings (SSSR count). The van der Waals surface area contributed by atoms with Crippen molar-refractivity contribution in [2.45, 2.75) is 32.7 Å². The van der Waals surface area contributed by atoms with Crippen LogP contribution in [0.25, 0.3) is 0 Å². The van der Waals surface area contributed by atoms with E-state index in [0.717, 1.165) is 12.2 Å². The quantitative estimate of drug-likeness (QED) is 0.893. The molecule has 0 saturated carbocycles. The fourth-order valence-corrected chi connectivity index (χ4v) is 1.98. The van der Waals surface area contributed by atoms with Gasteiger partial charge in [0.1, 0.15) is 5.76 Å². The smallest absolute Gasteiger partial charge is 0.251 e. The molecule has 1 N–H and O–H groups in total. The molecule has 3 heteroatoms. The number of nitrogens with one attached hydrogen (secondary N) is 1. The number of hydrogen-bond donors (Lipinski definition) is 1. The Labute approximate surface area is 113 Å². The minimum absolute atomic E-state index is 0.0401. The molecule has 0 aliphatic carbocycles. The Morgan fingerprint density at radius 2 is 2.00 bits per heavy atom. The Morgan fingerprint density at radius 3 is 2.58 bits per heavy atom. The first-order valence-corrected chi connectivity index (χ1v) is 6.61. The van der Waals surface area contributed by atoms with Crippen LogP contribution in [0.4, 0.5) is 0 Å². The topological polar surface area (TPSA) is 42.2 Å². The molecule has 1 aromatic heterocycles. The summed E-state index contributed by atoms with van der Waals surface area (Å²) in [6.45, 7) is 4.07. The van der Waals surface area contributed by atoms with Crippen molar-refractivity contribution in [3.63, 3.8) is 0 Å². The van der Waals surface area contributed by atoms with Crippen molar-refractivity contribution in [3.8, 4) is 0 Å². The molecule has 0 bridgehead atoms. The van der Waals surface area contributed by atoms with Gasteiger partial charge >= 0.3 is 0 Å². The number of benzene rings is 1. The Bertz CT molecular complexity index is 514. The zero-order valence-electron chi connectivity index (χ0n) is 11.3. The van der Waals surface area contributed by atoms with Crippen LogP contribution < -0.4 is 5.32 Å². The third kappa shape index (κ3) is 3.71. The minimum Gasteiger partial charge on any atom is -0.469 e. The SMILES string of the molecule is CCc1ccc(C(=O)NC(C)Cc2ccco2)cc1. The fraction of sp³-hybridized carbons (Fsp3) is 0.312. The molecule has 19 heavy (non-hydrogen) atoms. The third-order valence-corrected chi connectivity index (χ3v) is 3.09. The molecule has 0 spiro atoms. The average molecular weight is 257 g/mol. The predicted octanol–water partition coefficient (Wildman–Crippen LogP) is 3.20. The largest absolute Gasteiger partial charge is 0.469 e. The first-order valence-electron chi connectivity index (χ1n) is 6.61. The number of aryl methyl sites for hydroxylation is 1. The van der Waals surface area contributed by atoms with Gasteiger partial charge in [-0.3, -0.25) is 4.79 Å². The third-order valence-electron chi connectivity index (χ3n) is 3.09. The summed E-state index contributed by atoms with van der Waals surface area (Å²) >= 11 is 0. The highest BCUT2D eigenvalue weighted by Crippen LogP contribution is 2.07. The summed E-state index contributed by atoms with van der Waals surface area (Å²) in [5, 5.41) is 2.97. The Hall–Kier alpha value is -2.03. The van der Waals surface area contributed by atoms with Gasteiger partial charge in [0.25, 0.3) is 5.91 Å². The lowest BCUT2D eigenvalue weighted by molar-refractivity contribution is 0.0939. The highest BCUT2D eigenvalue weighted by atomic mass is 16.3. The minimum atomic E-state index is -0.0401. The van der Waals surface area contributed by atoms with Crippen LogP contribution >= 0.6 is 0 Å². The second kappa shape index (κ2) is 6.23. The van der Waals surface area contributed by atoms with Gasteiger partial charge in [-0.2, -0.15) is 0 Å². The predicted molar refractivity (Wildman–Crippen MR) is 75.2 cm³/mol. The first kappa shape index (κ1) is 13.4. The van der Waals surface area contributed by atoms with Crippen molar-refractivity contribution in [1.82, 2.24) is 5.32 Å². The van der Waals surface area contributed by atoms with Crippen molar-refractivity contribution in [2.75, 3.05) is 0 Å². The number of carbonyl (C=O) groups is 1. The molecular weight excluding hydrogens is 238 g/mol. The zero-order chi connectivity index (χ0) is 13.7. The van der Waals surface area contributed by atoms with Crippen molar-refractivity contribution < 1.29 is 9.21 Å². The molecule has 0 saturated heterocycles. The maximum atomic E-state index is 12.0. The lowest BCUT2D eigenvalue weighted by Crippen LogP contribution is -2.33. The van der Waals surface area contributed by atoms with Gasteiger partial charge in [0, 0.05) is 18.0 Å². The van der Waals surface area contributed by atoms with E-state index in [1.165, 1.54) is 5.56 Å². The van der Waals surface area contributed by atoms with Crippen LogP contribution in [0, 0.1) is 0 Å². The molecule has 0 fully saturated rings. The van der Waals surface area contributed by atoms with Gasteiger partial charge in [0.15, 0.2) is 0 Å². The molecule has 1 atom stereocenters. The summed E-state index contributed by atoms with van der Waals surface area (Å²) in [5.74, 6) is 0.843. The van der Waals surface area contributed by atoms with Gasteiger partial charge in [-0.05, 0) is 43.2 Å². The Kier molecular flexibility index (Phi) is 4.39. The first-order chi connectivity index (χ1) is 9.19. The normalized spacial score (nSPS) is 12.1. The van der Waals surface area contributed by atoms with E-state index in [9.17, 15) is 4.79 Å². The molecule has 0 aliphatic heterocycles. The van der Waals surface area contributed by atoms with Gasteiger partial charge in [-0.25, -0.2) is 0 Å². The lowest BCUT2D eigenvalue weighted by Gasteiger charge is -2.12. The van der Waals surface area contributed by atoms with E-state index >= 15 is 0 Å². The van der Waals surface area contributed by atoms with Crippen LogP contribution in [0.2, 0.25) is 0 Å². The van der Waals surface area contributed by atoms with Gasteiger partial charge in [0.2, 0.25) is 0 Å². The zero-order valence-corrected chi connectivity index (χ0v) is 11.3. The van der Waals surface area contributed by atoms with Gasteiger partial charge in [-0.1, -0.05) is 19.1 Å². The molecule has 0 aliphatic rings. The molecule has 0 radical (unpaired) electrons. The van der Waals surface area contributed by atoms with E-state index in [1.807, 2.05) is 43.3 Å². The van der Waals surface area contributed by atoms with Crippen LogP contribution in [-0.4, -0.2) is 11.9 Å². The number of hydrogen-bond acceptors (Lipinski definition) is 2. The molecule has 1 heterocycles. The van der Waals surface area contributed by atoms with Crippen molar-refractivity contribution in [2.24, 2.45) is 0 Å². The molecular formula is C16H19NO2. The molecule has 3 nitrogen and oxygen atoms in total. The summed E-state index contributed by atoms with van der Waals surface area (Å²) in [4.78, 5) is 12.0. The number of carbonyl (C=O) groups excluding carboxylic acids is 1. The second-order valence-electron chi connectivity index (χ2n) is 4.71. The number of furan rings is 1. The van der Waals surface area contributed by atoms with Crippen LogP contribution in [-0.2, 0) is 12.8 Å². The summed E-state index contributed by atoms with van der Waals surface area (Å²) in [7, 11) is 0. The maximum absolute atomic E-state index is 12.0. The fourth-order valence-electron chi connectivity index (χ4n) is 1.98. The van der Waals surface area contributed by atoms with Crippen LogP contribution in [0.1, 0.15) is 35.5 Å². The van der Waals surface area contributed by atoms with E-state index in [1.54, 1.807) is 6.26 Å². The monoisotopic (exact) mass is 257 g/mol. The standard InChI is InChI=1S/C16H19NO2/c1-3-13-6-8-14(9-7-13)16(18)17-12(2)11-15-5-4-10-19-15/h4-10,12H,3,11H2,1-2H3,(H,17,18). The second-order valence-corrected chi connectivity index (χ2v) is 4.71. The molecule has 1 aromatic carbocycles. The maximum Gasteiger partial charge on any atom is 0.251 e. The summed E-state index contributed by atoms with van der Waals surface area (Å²) < 4.78 is 5.27. The van der Waals surface area contributed by atoms with Crippen LogP contribution in [0.5, 0.6) is 0 Å². The summed E-state index contributed by atoms with van der Waals surface area (Å²) in [5.41, 5.74) is 1.93. The van der Waals surface area contributed by atoms with Gasteiger partial charge in [-0.15, -0.1) is 0 Å². The van der Waals surface area contributed by atoms with E-state index in [4.69, 9.17) is 4.42 Å². The molecule has 100 valence electrons. The van der Waals surface area contributed by atoms with Crippen molar-refractivity contribution >= 4 is 5.91 Å². The lowest BCUT2D eigenvalue weighted by atomic mass is 10.1. The van der Waals surface area contributed by atoms with Crippen LogP contribution in [0.15, 0.2) is 47.1 Å². The van der Waals surface area contributed by atoms with Gasteiger partial charge in [0.05, 0.1) is 6.26 Å². The van der Waals surface area contributed by atoms with Crippen molar-refractivity contribution in [1.29, 1.82) is 0 Å². The highest BCUT2D eigenvalue weighted by molar-refractivity contribution is 5.94. The van der Waals surface area contributed by atoms with E-state index in [-0.39, 0.29) is 11.9 Å². The molecule has 1 unspecified atom stereocenters. The number of rotatable bonds is 5. The van der Waals surface area contributed by atoms with E-state index < -0.39 is 0 Å². The molecule has 2 aromatic rings. The van der Waals surface area contributed by atoms with Crippen molar-refractivity contribution in [3.05, 3.63) is 59.5 Å².